The first-order valence-corrected chi connectivity index (χ1v) is 6.83. The molecular formula is C13H24N2O2. The Kier molecular flexibility index (Phi) is 4.26. The maximum absolute atomic E-state index is 12.1. The molecule has 0 aromatic rings. The molecule has 17 heavy (non-hydrogen) atoms. The highest BCUT2D eigenvalue weighted by Gasteiger charge is 2.27. The van der Waals surface area contributed by atoms with Gasteiger partial charge in [0.2, 0.25) is 0 Å². The summed E-state index contributed by atoms with van der Waals surface area (Å²) < 4.78 is 5.51. The van der Waals surface area contributed by atoms with Crippen LogP contribution in [0.1, 0.15) is 39.5 Å². The second kappa shape index (κ2) is 5.71. The number of amides is 2. The van der Waals surface area contributed by atoms with E-state index in [1.54, 1.807) is 0 Å². The molecule has 2 aliphatic heterocycles. The summed E-state index contributed by atoms with van der Waals surface area (Å²) in [6.45, 7) is 6.75. The monoisotopic (exact) mass is 240 g/mol. The molecule has 4 heteroatoms. The maximum Gasteiger partial charge on any atom is 0.317 e. The average Bonchev–Trinajstić information content (AvgIpc) is 2.82. The van der Waals surface area contributed by atoms with Crippen LogP contribution in [0.2, 0.25) is 0 Å². The summed E-state index contributed by atoms with van der Waals surface area (Å²) in [6, 6.07) is 0.454. The molecule has 4 nitrogen and oxygen atoms in total. The van der Waals surface area contributed by atoms with Crippen LogP contribution in [0.5, 0.6) is 0 Å². The van der Waals surface area contributed by atoms with Gasteiger partial charge in [0, 0.05) is 25.7 Å². The van der Waals surface area contributed by atoms with E-state index in [-0.39, 0.29) is 12.1 Å². The van der Waals surface area contributed by atoms with Crippen LogP contribution in [-0.4, -0.2) is 42.8 Å². The Morgan fingerprint density at radius 1 is 1.35 bits per heavy atom. The average molecular weight is 240 g/mol. The van der Waals surface area contributed by atoms with Crippen LogP contribution < -0.4 is 5.32 Å². The number of nitrogens with one attached hydrogen (secondary N) is 1. The predicted octanol–water partition coefficient (Wildman–Crippen LogP) is 2.00. The van der Waals surface area contributed by atoms with Crippen LogP contribution in [0.15, 0.2) is 0 Å². The van der Waals surface area contributed by atoms with Crippen LogP contribution in [-0.2, 0) is 4.74 Å². The van der Waals surface area contributed by atoms with Crippen molar-refractivity contribution in [3.63, 3.8) is 0 Å². The third kappa shape index (κ3) is 3.35. The first-order chi connectivity index (χ1) is 8.16. The number of urea groups is 1. The van der Waals surface area contributed by atoms with E-state index in [4.69, 9.17) is 4.74 Å². The van der Waals surface area contributed by atoms with Gasteiger partial charge in [0.05, 0.1) is 6.10 Å². The van der Waals surface area contributed by atoms with Gasteiger partial charge in [-0.2, -0.15) is 0 Å². The van der Waals surface area contributed by atoms with E-state index in [2.05, 4.69) is 19.2 Å². The molecule has 3 atom stereocenters. The van der Waals surface area contributed by atoms with Crippen molar-refractivity contribution in [2.75, 3.05) is 19.7 Å². The number of ether oxygens (including phenoxy) is 1. The van der Waals surface area contributed by atoms with Crippen LogP contribution in [0.4, 0.5) is 4.79 Å². The first kappa shape index (κ1) is 12.7. The zero-order valence-electron chi connectivity index (χ0n) is 10.9. The van der Waals surface area contributed by atoms with Gasteiger partial charge in [0.25, 0.3) is 0 Å². The van der Waals surface area contributed by atoms with Crippen LogP contribution in [0, 0.1) is 5.92 Å². The van der Waals surface area contributed by atoms with Crippen molar-refractivity contribution in [1.29, 1.82) is 0 Å². The molecule has 2 heterocycles. The Hall–Kier alpha value is -0.770. The van der Waals surface area contributed by atoms with Gasteiger partial charge in [-0.3, -0.25) is 0 Å². The van der Waals surface area contributed by atoms with Crippen molar-refractivity contribution in [2.45, 2.75) is 51.7 Å². The molecule has 2 saturated heterocycles. The molecule has 0 bridgehead atoms. The molecule has 0 saturated carbocycles. The molecular weight excluding hydrogens is 216 g/mol. The predicted molar refractivity (Wildman–Crippen MR) is 66.9 cm³/mol. The fourth-order valence-corrected chi connectivity index (χ4v) is 2.68. The Labute approximate surface area is 104 Å². The van der Waals surface area contributed by atoms with E-state index in [1.165, 1.54) is 6.42 Å². The third-order valence-corrected chi connectivity index (χ3v) is 3.88. The lowest BCUT2D eigenvalue weighted by molar-refractivity contribution is 0.102. The highest BCUT2D eigenvalue weighted by Crippen LogP contribution is 2.21. The molecule has 0 aliphatic carbocycles. The van der Waals surface area contributed by atoms with Crippen molar-refractivity contribution in [1.82, 2.24) is 10.2 Å². The molecule has 0 aromatic carbocycles. The van der Waals surface area contributed by atoms with Crippen LogP contribution >= 0.6 is 0 Å². The Morgan fingerprint density at radius 3 is 2.88 bits per heavy atom. The molecule has 0 spiro atoms. The lowest BCUT2D eigenvalue weighted by Crippen LogP contribution is -2.50. The van der Waals surface area contributed by atoms with Crippen LogP contribution in [0.25, 0.3) is 0 Å². The fraction of sp³-hybridized carbons (Fsp3) is 0.923. The van der Waals surface area contributed by atoms with Gasteiger partial charge >= 0.3 is 6.03 Å². The summed E-state index contributed by atoms with van der Waals surface area (Å²) >= 11 is 0. The summed E-state index contributed by atoms with van der Waals surface area (Å²) in [4.78, 5) is 14.0. The first-order valence-electron chi connectivity index (χ1n) is 6.83. The van der Waals surface area contributed by atoms with Crippen molar-refractivity contribution in [2.24, 2.45) is 5.92 Å². The standard InChI is InChI=1S/C13H24N2O2/c1-10-5-6-11(2)15(9-10)13(16)14-8-12-4-3-7-17-12/h10-12H,3-9H2,1-2H3,(H,14,16)/t10-,11+,12+/m1/s1. The number of nitrogens with zero attached hydrogens (tertiary/aromatic N) is 1. The molecule has 2 amide bonds. The molecule has 98 valence electrons. The Bertz CT molecular complexity index is 264. The maximum atomic E-state index is 12.1. The van der Waals surface area contributed by atoms with Gasteiger partial charge in [-0.1, -0.05) is 6.92 Å². The number of piperidine rings is 1. The quantitative estimate of drug-likeness (QED) is 0.802. The summed E-state index contributed by atoms with van der Waals surface area (Å²) in [5, 5.41) is 3.01. The molecule has 2 aliphatic rings. The second-order valence-electron chi connectivity index (χ2n) is 5.50. The molecule has 0 aromatic heterocycles. The summed E-state index contributed by atoms with van der Waals surface area (Å²) in [7, 11) is 0. The SMILES string of the molecule is C[C@@H]1CC[C@H](C)N(C(=O)NC[C@@H]2CCCO2)C1. The van der Waals surface area contributed by atoms with Crippen molar-refractivity contribution >= 4 is 6.03 Å². The van der Waals surface area contributed by atoms with E-state index in [0.717, 1.165) is 32.4 Å². The molecule has 0 unspecified atom stereocenters. The molecule has 2 fully saturated rings. The minimum atomic E-state index is 0.0829. The van der Waals surface area contributed by atoms with Crippen molar-refractivity contribution in [3.05, 3.63) is 0 Å². The van der Waals surface area contributed by atoms with Crippen LogP contribution in [0.3, 0.4) is 0 Å². The number of hydrogen-bond acceptors (Lipinski definition) is 2. The van der Waals surface area contributed by atoms with Gasteiger partial charge in [-0.05, 0) is 38.5 Å². The lowest BCUT2D eigenvalue weighted by atomic mass is 9.95. The van der Waals surface area contributed by atoms with Gasteiger partial charge < -0.3 is 15.0 Å². The largest absolute Gasteiger partial charge is 0.376 e. The summed E-state index contributed by atoms with van der Waals surface area (Å²) in [5.41, 5.74) is 0. The fourth-order valence-electron chi connectivity index (χ4n) is 2.68. The number of rotatable bonds is 2. The van der Waals surface area contributed by atoms with Crippen molar-refractivity contribution < 1.29 is 9.53 Å². The van der Waals surface area contributed by atoms with Gasteiger partial charge in [0.1, 0.15) is 0 Å². The number of carbonyl (C=O) groups excluding carboxylic acids is 1. The van der Waals surface area contributed by atoms with Crippen molar-refractivity contribution in [3.8, 4) is 0 Å². The number of hydrogen-bond donors (Lipinski definition) is 1. The Morgan fingerprint density at radius 2 is 2.18 bits per heavy atom. The van der Waals surface area contributed by atoms with E-state index < -0.39 is 0 Å². The zero-order chi connectivity index (χ0) is 12.3. The van der Waals surface area contributed by atoms with E-state index in [0.29, 0.717) is 18.5 Å². The second-order valence-corrected chi connectivity index (χ2v) is 5.50. The van der Waals surface area contributed by atoms with Gasteiger partial charge in [0.15, 0.2) is 0 Å². The highest BCUT2D eigenvalue weighted by atomic mass is 16.5. The highest BCUT2D eigenvalue weighted by molar-refractivity contribution is 5.74. The molecule has 2 rings (SSSR count). The Balaban J connectivity index is 1.77. The van der Waals surface area contributed by atoms with E-state index in [1.807, 2.05) is 4.90 Å². The topological polar surface area (TPSA) is 41.6 Å². The van der Waals surface area contributed by atoms with Gasteiger partial charge in [-0.15, -0.1) is 0 Å². The minimum absolute atomic E-state index is 0.0829. The summed E-state index contributed by atoms with van der Waals surface area (Å²) in [5.74, 6) is 0.625. The molecule has 1 N–H and O–H groups in total. The minimum Gasteiger partial charge on any atom is -0.376 e. The summed E-state index contributed by atoms with van der Waals surface area (Å²) in [6.07, 6.45) is 4.78. The normalized spacial score (nSPS) is 33.8. The van der Waals surface area contributed by atoms with E-state index in [9.17, 15) is 4.79 Å². The smallest absolute Gasteiger partial charge is 0.317 e. The lowest BCUT2D eigenvalue weighted by Gasteiger charge is -2.36. The van der Waals surface area contributed by atoms with E-state index >= 15 is 0 Å². The number of carbonyl (C=O) groups is 1. The molecule has 0 radical (unpaired) electrons. The number of likely N-dealkylation sites (tertiary alicyclic amines) is 1. The zero-order valence-corrected chi connectivity index (χ0v) is 10.9. The third-order valence-electron chi connectivity index (χ3n) is 3.88. The van der Waals surface area contributed by atoms with Gasteiger partial charge in [-0.25, -0.2) is 4.79 Å².